The number of benzene rings is 2. The van der Waals surface area contributed by atoms with Gasteiger partial charge in [-0.25, -0.2) is 8.42 Å². The predicted molar refractivity (Wildman–Crippen MR) is 112 cm³/mol. The van der Waals surface area contributed by atoms with Crippen molar-refractivity contribution >= 4 is 21.8 Å². The second-order valence-corrected chi connectivity index (χ2v) is 8.99. The summed E-state index contributed by atoms with van der Waals surface area (Å²) in [5.74, 6) is 0.00798. The van der Waals surface area contributed by atoms with E-state index in [1.165, 1.54) is 23.1 Å². The van der Waals surface area contributed by atoms with Gasteiger partial charge in [-0.15, -0.1) is 0 Å². The minimum absolute atomic E-state index is 0.0126. The molecule has 3 rings (SSSR count). The zero-order valence-corrected chi connectivity index (χ0v) is 18.0. The molecule has 0 aromatic heterocycles. The van der Waals surface area contributed by atoms with Gasteiger partial charge < -0.3 is 15.0 Å². The fraction of sp³-hybridized carbons (Fsp3) is 0.333. The number of piperazine rings is 1. The Bertz CT molecular complexity index is 1050. The highest BCUT2D eigenvalue weighted by Crippen LogP contribution is 2.29. The highest BCUT2D eigenvalue weighted by atomic mass is 32.2. The molecule has 1 N–H and O–H groups in total. The van der Waals surface area contributed by atoms with Gasteiger partial charge in [0.05, 0.1) is 24.6 Å². The minimum atomic E-state index is -3.88. The zero-order valence-electron chi connectivity index (χ0n) is 17.2. The molecule has 0 saturated carbocycles. The first-order valence-corrected chi connectivity index (χ1v) is 11.0. The summed E-state index contributed by atoms with van der Waals surface area (Å²) in [7, 11) is -0.644. The van der Waals surface area contributed by atoms with Crippen molar-refractivity contribution < 1.29 is 22.7 Å². The van der Waals surface area contributed by atoms with Crippen LogP contribution in [0.25, 0.3) is 0 Å². The molecular formula is C21H25N3O5S. The first kappa shape index (κ1) is 21.8. The standard InChI is InChI=1S/C21H25N3O5S/c1-15(18-9-4-5-10-19(18)29-3)23(2)21(26)16-7-6-8-17(13-16)30(27,28)24-12-11-22-20(25)14-24/h4-10,13,15H,11-12,14H2,1-3H3,(H,22,25). The molecule has 2 aromatic carbocycles. The van der Waals surface area contributed by atoms with Gasteiger partial charge in [-0.1, -0.05) is 24.3 Å². The molecule has 1 fully saturated rings. The van der Waals surface area contributed by atoms with Gasteiger partial charge in [-0.3, -0.25) is 9.59 Å². The lowest BCUT2D eigenvalue weighted by Gasteiger charge is -2.27. The molecule has 1 atom stereocenters. The molecule has 2 aromatic rings. The van der Waals surface area contributed by atoms with Gasteiger partial charge in [0.1, 0.15) is 5.75 Å². The molecule has 1 saturated heterocycles. The number of hydrogen-bond donors (Lipinski definition) is 1. The molecule has 30 heavy (non-hydrogen) atoms. The van der Waals surface area contributed by atoms with Crippen molar-refractivity contribution in [1.29, 1.82) is 0 Å². The van der Waals surface area contributed by atoms with Crippen molar-refractivity contribution in [3.8, 4) is 5.75 Å². The molecule has 9 heteroatoms. The summed E-state index contributed by atoms with van der Waals surface area (Å²) in [6.45, 7) is 2.10. The zero-order chi connectivity index (χ0) is 21.9. The summed E-state index contributed by atoms with van der Waals surface area (Å²) in [5, 5.41) is 2.60. The smallest absolute Gasteiger partial charge is 0.254 e. The van der Waals surface area contributed by atoms with Crippen molar-refractivity contribution in [2.75, 3.05) is 33.8 Å². The Hall–Kier alpha value is -2.91. The van der Waals surface area contributed by atoms with E-state index in [4.69, 9.17) is 4.74 Å². The maximum absolute atomic E-state index is 13.1. The summed E-state index contributed by atoms with van der Waals surface area (Å²) in [6.07, 6.45) is 0. The van der Waals surface area contributed by atoms with Crippen molar-refractivity contribution in [2.24, 2.45) is 0 Å². The molecule has 2 amide bonds. The Morgan fingerprint density at radius 1 is 1.20 bits per heavy atom. The number of hydrogen-bond acceptors (Lipinski definition) is 5. The van der Waals surface area contributed by atoms with E-state index in [1.54, 1.807) is 20.2 Å². The topological polar surface area (TPSA) is 96.0 Å². The van der Waals surface area contributed by atoms with Crippen LogP contribution in [-0.2, 0) is 14.8 Å². The Kier molecular flexibility index (Phi) is 6.42. The molecule has 0 spiro atoms. The number of ether oxygens (including phenoxy) is 1. The van der Waals surface area contributed by atoms with E-state index in [2.05, 4.69) is 5.32 Å². The maximum atomic E-state index is 13.1. The normalized spacial score (nSPS) is 15.9. The summed E-state index contributed by atoms with van der Waals surface area (Å²) >= 11 is 0. The summed E-state index contributed by atoms with van der Waals surface area (Å²) in [6, 6.07) is 13.0. The monoisotopic (exact) mass is 431 g/mol. The average molecular weight is 432 g/mol. The van der Waals surface area contributed by atoms with Gasteiger partial charge in [0.15, 0.2) is 0 Å². The minimum Gasteiger partial charge on any atom is -0.496 e. The number of nitrogens with zero attached hydrogens (tertiary/aromatic N) is 2. The van der Waals surface area contributed by atoms with Gasteiger partial charge in [-0.2, -0.15) is 4.31 Å². The maximum Gasteiger partial charge on any atom is 0.254 e. The van der Waals surface area contributed by atoms with Gasteiger partial charge in [0.2, 0.25) is 15.9 Å². The van der Waals surface area contributed by atoms with Gasteiger partial charge >= 0.3 is 0 Å². The van der Waals surface area contributed by atoms with E-state index in [0.29, 0.717) is 5.75 Å². The molecule has 0 bridgehead atoms. The lowest BCUT2D eigenvalue weighted by molar-refractivity contribution is -0.122. The largest absolute Gasteiger partial charge is 0.496 e. The van der Waals surface area contributed by atoms with Crippen LogP contribution in [0.4, 0.5) is 0 Å². The van der Waals surface area contributed by atoms with Crippen LogP contribution >= 0.6 is 0 Å². The Morgan fingerprint density at radius 3 is 2.63 bits per heavy atom. The SMILES string of the molecule is COc1ccccc1C(C)N(C)C(=O)c1cccc(S(=O)(=O)N2CCNC(=O)C2)c1. The van der Waals surface area contributed by atoms with Crippen LogP contribution in [0.2, 0.25) is 0 Å². The number of carbonyl (C=O) groups excluding carboxylic acids is 2. The molecule has 1 unspecified atom stereocenters. The van der Waals surface area contributed by atoms with Crippen molar-refractivity contribution in [2.45, 2.75) is 17.9 Å². The third-order valence-corrected chi connectivity index (χ3v) is 7.05. The first-order valence-electron chi connectivity index (χ1n) is 9.52. The summed E-state index contributed by atoms with van der Waals surface area (Å²) in [4.78, 5) is 26.2. The second kappa shape index (κ2) is 8.85. The quantitative estimate of drug-likeness (QED) is 0.750. The molecule has 0 aliphatic carbocycles. The molecular weight excluding hydrogens is 406 g/mol. The molecule has 160 valence electrons. The lowest BCUT2D eigenvalue weighted by atomic mass is 10.0. The van der Waals surface area contributed by atoms with Gasteiger partial charge in [-0.05, 0) is 31.2 Å². The molecule has 8 nitrogen and oxygen atoms in total. The van der Waals surface area contributed by atoms with Gasteiger partial charge in [0, 0.05) is 31.3 Å². The molecule has 0 radical (unpaired) electrons. The summed E-state index contributed by atoms with van der Waals surface area (Å²) < 4.78 is 32.3. The Morgan fingerprint density at radius 2 is 1.93 bits per heavy atom. The van der Waals surface area contributed by atoms with E-state index in [1.807, 2.05) is 31.2 Å². The summed E-state index contributed by atoms with van der Waals surface area (Å²) in [5.41, 5.74) is 1.10. The van der Waals surface area contributed by atoms with Crippen LogP contribution < -0.4 is 10.1 Å². The third-order valence-electron chi connectivity index (χ3n) is 5.21. The lowest BCUT2D eigenvalue weighted by Crippen LogP contribution is -2.49. The number of carbonyl (C=O) groups is 2. The van der Waals surface area contributed by atoms with Crippen LogP contribution in [0, 0.1) is 0 Å². The second-order valence-electron chi connectivity index (χ2n) is 7.05. The van der Waals surface area contributed by atoms with E-state index < -0.39 is 10.0 Å². The van der Waals surface area contributed by atoms with E-state index in [0.717, 1.165) is 9.87 Å². The number of nitrogens with one attached hydrogen (secondary N) is 1. The van der Waals surface area contributed by atoms with Crippen molar-refractivity contribution in [3.63, 3.8) is 0 Å². The van der Waals surface area contributed by atoms with Crippen LogP contribution in [0.15, 0.2) is 53.4 Å². The van der Waals surface area contributed by atoms with E-state index >= 15 is 0 Å². The van der Waals surface area contributed by atoms with E-state index in [9.17, 15) is 18.0 Å². The highest BCUT2D eigenvalue weighted by Gasteiger charge is 2.30. The number of para-hydroxylation sites is 1. The predicted octanol–water partition coefficient (Wildman–Crippen LogP) is 1.65. The van der Waals surface area contributed by atoms with Crippen molar-refractivity contribution in [1.82, 2.24) is 14.5 Å². The number of sulfonamides is 1. The number of methoxy groups -OCH3 is 1. The van der Waals surface area contributed by atoms with Crippen molar-refractivity contribution in [3.05, 3.63) is 59.7 Å². The number of amides is 2. The third kappa shape index (κ3) is 4.31. The van der Waals surface area contributed by atoms with Crippen LogP contribution in [0.1, 0.15) is 28.9 Å². The highest BCUT2D eigenvalue weighted by molar-refractivity contribution is 7.89. The average Bonchev–Trinajstić information content (AvgIpc) is 2.77. The van der Waals surface area contributed by atoms with Crippen LogP contribution in [-0.4, -0.2) is 63.2 Å². The van der Waals surface area contributed by atoms with Crippen LogP contribution in [0.5, 0.6) is 5.75 Å². The fourth-order valence-electron chi connectivity index (χ4n) is 3.36. The fourth-order valence-corrected chi connectivity index (χ4v) is 4.80. The van der Waals surface area contributed by atoms with Gasteiger partial charge in [0.25, 0.3) is 5.91 Å². The molecule has 1 aliphatic rings. The Labute approximate surface area is 176 Å². The first-order chi connectivity index (χ1) is 14.3. The molecule has 1 heterocycles. The van der Waals surface area contributed by atoms with E-state index in [-0.39, 0.29) is 47.9 Å². The molecule has 1 aliphatic heterocycles. The number of rotatable bonds is 6. The van der Waals surface area contributed by atoms with Crippen LogP contribution in [0.3, 0.4) is 0 Å². The Balaban J connectivity index is 1.86.